The van der Waals surface area contributed by atoms with E-state index in [1.54, 1.807) is 24.3 Å². The number of carbonyl (C=O) groups is 2. The molecule has 1 aromatic carbocycles. The number of benzene rings is 1. The second-order valence-electron chi connectivity index (χ2n) is 4.20. The summed E-state index contributed by atoms with van der Waals surface area (Å²) in [5.74, 6) is -1.74. The number of nitrogens with one attached hydrogen (secondary N) is 1. The van der Waals surface area contributed by atoms with Gasteiger partial charge in [-0.25, -0.2) is 0 Å². The van der Waals surface area contributed by atoms with Gasteiger partial charge in [-0.15, -0.1) is 0 Å². The first-order valence-corrected chi connectivity index (χ1v) is 5.57. The van der Waals surface area contributed by atoms with Crippen LogP contribution in [0.15, 0.2) is 36.4 Å². The standard InChI is InChI=1S/C13H13NO4/c15-11-3-1-2-8(7-11)12(16)14-10-5-4-9(6-10)13(17)18/h1-5,7,9-10,15H,6H2,(H,14,16)(H,17,18). The van der Waals surface area contributed by atoms with Crippen LogP contribution in [-0.2, 0) is 4.79 Å². The summed E-state index contributed by atoms with van der Waals surface area (Å²) >= 11 is 0. The molecule has 0 saturated heterocycles. The molecular formula is C13H13NO4. The van der Waals surface area contributed by atoms with Gasteiger partial charge in [-0.3, -0.25) is 9.59 Å². The number of hydrogen-bond donors (Lipinski definition) is 3. The third kappa shape index (κ3) is 2.68. The van der Waals surface area contributed by atoms with Gasteiger partial charge in [0.1, 0.15) is 5.75 Å². The molecule has 0 radical (unpaired) electrons. The van der Waals surface area contributed by atoms with Crippen molar-refractivity contribution in [3.05, 3.63) is 42.0 Å². The van der Waals surface area contributed by atoms with Crippen molar-refractivity contribution in [2.24, 2.45) is 5.92 Å². The van der Waals surface area contributed by atoms with E-state index in [9.17, 15) is 14.7 Å². The highest BCUT2D eigenvalue weighted by Crippen LogP contribution is 2.19. The van der Waals surface area contributed by atoms with Gasteiger partial charge in [-0.1, -0.05) is 18.2 Å². The maximum Gasteiger partial charge on any atom is 0.310 e. The number of rotatable bonds is 3. The summed E-state index contributed by atoms with van der Waals surface area (Å²) in [7, 11) is 0. The fraction of sp³-hybridized carbons (Fsp3) is 0.231. The number of phenolic OH excluding ortho intramolecular Hbond substituents is 1. The fourth-order valence-electron chi connectivity index (χ4n) is 1.89. The summed E-state index contributed by atoms with van der Waals surface area (Å²) in [4.78, 5) is 22.6. The lowest BCUT2D eigenvalue weighted by Gasteiger charge is -2.12. The Hall–Kier alpha value is -2.30. The van der Waals surface area contributed by atoms with E-state index in [0.717, 1.165) is 0 Å². The minimum Gasteiger partial charge on any atom is -0.508 e. The van der Waals surface area contributed by atoms with Crippen LogP contribution in [-0.4, -0.2) is 28.1 Å². The monoisotopic (exact) mass is 247 g/mol. The predicted octanol–water partition coefficient (Wildman–Crippen LogP) is 1.15. The van der Waals surface area contributed by atoms with Crippen LogP contribution in [0.3, 0.4) is 0 Å². The molecule has 0 bridgehead atoms. The van der Waals surface area contributed by atoms with Gasteiger partial charge < -0.3 is 15.5 Å². The quantitative estimate of drug-likeness (QED) is 0.699. The van der Waals surface area contributed by atoms with E-state index >= 15 is 0 Å². The zero-order chi connectivity index (χ0) is 13.1. The Labute approximate surface area is 104 Å². The van der Waals surface area contributed by atoms with Crippen molar-refractivity contribution in [2.75, 3.05) is 0 Å². The Balaban J connectivity index is 1.97. The fourth-order valence-corrected chi connectivity index (χ4v) is 1.89. The number of aromatic hydroxyl groups is 1. The number of carboxylic acid groups (broad SMARTS) is 1. The molecule has 0 aliphatic heterocycles. The molecule has 0 saturated carbocycles. The van der Waals surface area contributed by atoms with Crippen LogP contribution < -0.4 is 5.32 Å². The third-order valence-corrected chi connectivity index (χ3v) is 2.83. The molecule has 0 spiro atoms. The second kappa shape index (κ2) is 4.91. The number of phenols is 1. The van der Waals surface area contributed by atoms with Gasteiger partial charge in [-0.05, 0) is 24.6 Å². The van der Waals surface area contributed by atoms with Crippen molar-refractivity contribution in [2.45, 2.75) is 12.5 Å². The first-order chi connectivity index (χ1) is 8.56. The molecular weight excluding hydrogens is 234 g/mol. The Morgan fingerprint density at radius 3 is 2.67 bits per heavy atom. The molecule has 2 rings (SSSR count). The molecule has 3 N–H and O–H groups in total. The van der Waals surface area contributed by atoms with Crippen LogP contribution in [0, 0.1) is 5.92 Å². The second-order valence-corrected chi connectivity index (χ2v) is 4.20. The van der Waals surface area contributed by atoms with Crippen LogP contribution in [0.2, 0.25) is 0 Å². The first kappa shape index (κ1) is 12.2. The van der Waals surface area contributed by atoms with E-state index < -0.39 is 11.9 Å². The van der Waals surface area contributed by atoms with Gasteiger partial charge in [0.15, 0.2) is 0 Å². The summed E-state index contributed by atoms with van der Waals surface area (Å²) in [6, 6.07) is 5.73. The summed E-state index contributed by atoms with van der Waals surface area (Å²) in [5.41, 5.74) is 0.349. The van der Waals surface area contributed by atoms with Crippen LogP contribution in [0.25, 0.3) is 0 Å². The Bertz CT molecular complexity index is 509. The minimum atomic E-state index is -0.889. The van der Waals surface area contributed by atoms with Gasteiger partial charge in [0.05, 0.1) is 5.92 Å². The van der Waals surface area contributed by atoms with Crippen molar-refractivity contribution in [3.8, 4) is 5.75 Å². The Kier molecular flexibility index (Phi) is 3.32. The van der Waals surface area contributed by atoms with Gasteiger partial charge >= 0.3 is 5.97 Å². The lowest BCUT2D eigenvalue weighted by Crippen LogP contribution is -2.33. The molecule has 5 nitrogen and oxygen atoms in total. The number of amides is 1. The van der Waals surface area contributed by atoms with Gasteiger partial charge in [0.25, 0.3) is 5.91 Å². The topological polar surface area (TPSA) is 86.6 Å². The van der Waals surface area contributed by atoms with Crippen molar-refractivity contribution < 1.29 is 19.8 Å². The maximum atomic E-state index is 11.8. The predicted molar refractivity (Wildman–Crippen MR) is 64.2 cm³/mol. The molecule has 18 heavy (non-hydrogen) atoms. The lowest BCUT2D eigenvalue weighted by atomic mass is 10.1. The Morgan fingerprint density at radius 1 is 1.28 bits per heavy atom. The molecule has 0 fully saturated rings. The lowest BCUT2D eigenvalue weighted by molar-refractivity contribution is -0.140. The third-order valence-electron chi connectivity index (χ3n) is 2.83. The molecule has 5 heteroatoms. The molecule has 1 amide bonds. The molecule has 94 valence electrons. The normalized spacial score (nSPS) is 21.8. The van der Waals surface area contributed by atoms with Crippen LogP contribution in [0.4, 0.5) is 0 Å². The van der Waals surface area contributed by atoms with Crippen molar-refractivity contribution in [1.29, 1.82) is 0 Å². The van der Waals surface area contributed by atoms with E-state index in [1.807, 2.05) is 0 Å². The Morgan fingerprint density at radius 2 is 2.06 bits per heavy atom. The summed E-state index contributed by atoms with van der Waals surface area (Å²) in [5, 5.41) is 20.8. The number of carboxylic acids is 1. The smallest absolute Gasteiger partial charge is 0.310 e. The van der Waals surface area contributed by atoms with Crippen LogP contribution in [0.1, 0.15) is 16.8 Å². The molecule has 1 aliphatic rings. The highest BCUT2D eigenvalue weighted by atomic mass is 16.4. The maximum absolute atomic E-state index is 11.8. The highest BCUT2D eigenvalue weighted by molar-refractivity contribution is 5.95. The zero-order valence-electron chi connectivity index (χ0n) is 9.54. The van der Waals surface area contributed by atoms with Gasteiger partial charge in [0.2, 0.25) is 0 Å². The SMILES string of the molecule is O=C(NC1C=CC(C(=O)O)C1)c1cccc(O)c1. The summed E-state index contributed by atoms with van der Waals surface area (Å²) in [6.07, 6.45) is 3.62. The van der Waals surface area contributed by atoms with E-state index in [1.165, 1.54) is 12.1 Å². The molecule has 1 aromatic rings. The van der Waals surface area contributed by atoms with Crippen molar-refractivity contribution in [3.63, 3.8) is 0 Å². The number of carbonyl (C=O) groups excluding carboxylic acids is 1. The molecule has 0 aromatic heterocycles. The van der Waals surface area contributed by atoms with E-state index in [4.69, 9.17) is 5.11 Å². The summed E-state index contributed by atoms with van der Waals surface area (Å²) in [6.45, 7) is 0. The largest absolute Gasteiger partial charge is 0.508 e. The van der Waals surface area contributed by atoms with E-state index in [2.05, 4.69) is 5.32 Å². The van der Waals surface area contributed by atoms with Crippen molar-refractivity contribution in [1.82, 2.24) is 5.32 Å². The molecule has 2 unspecified atom stereocenters. The van der Waals surface area contributed by atoms with Crippen LogP contribution in [0.5, 0.6) is 5.75 Å². The molecule has 2 atom stereocenters. The minimum absolute atomic E-state index is 0.0213. The van der Waals surface area contributed by atoms with E-state index in [-0.39, 0.29) is 17.7 Å². The summed E-state index contributed by atoms with van der Waals surface area (Å²) < 4.78 is 0. The number of aliphatic carboxylic acids is 1. The average Bonchev–Trinajstić information content (AvgIpc) is 2.77. The first-order valence-electron chi connectivity index (χ1n) is 5.57. The van der Waals surface area contributed by atoms with E-state index in [0.29, 0.717) is 12.0 Å². The zero-order valence-corrected chi connectivity index (χ0v) is 9.54. The highest BCUT2D eigenvalue weighted by Gasteiger charge is 2.25. The number of hydrogen-bond acceptors (Lipinski definition) is 3. The van der Waals surface area contributed by atoms with Gasteiger partial charge in [0, 0.05) is 11.6 Å². The average molecular weight is 247 g/mol. The van der Waals surface area contributed by atoms with Crippen LogP contribution >= 0.6 is 0 Å². The van der Waals surface area contributed by atoms with Crippen molar-refractivity contribution >= 4 is 11.9 Å². The molecule has 1 aliphatic carbocycles. The molecule has 0 heterocycles. The van der Waals surface area contributed by atoms with Gasteiger partial charge in [-0.2, -0.15) is 0 Å².